The van der Waals surface area contributed by atoms with Crippen molar-refractivity contribution in [3.05, 3.63) is 30.6 Å². The third kappa shape index (κ3) is 2.33. The number of nitrogens with two attached hydrogens (primary N) is 1. The van der Waals surface area contributed by atoms with Crippen LogP contribution < -0.4 is 11.1 Å². The van der Waals surface area contributed by atoms with Gasteiger partial charge in [-0.15, -0.1) is 0 Å². The van der Waals surface area contributed by atoms with Gasteiger partial charge in [-0.1, -0.05) is 13.8 Å². The Morgan fingerprint density at radius 1 is 1.12 bits per heavy atom. The summed E-state index contributed by atoms with van der Waals surface area (Å²) in [6.45, 7) is 6.60. The molecule has 1 unspecified atom stereocenters. The van der Waals surface area contributed by atoms with Crippen LogP contribution in [-0.4, -0.2) is 11.0 Å². The number of aromatic nitrogens is 1. The molecule has 0 aliphatic rings. The van der Waals surface area contributed by atoms with Crippen LogP contribution in [0.3, 0.4) is 0 Å². The highest BCUT2D eigenvalue weighted by Gasteiger charge is 2.09. The molecule has 1 aromatic heterocycles. The smallest absolute Gasteiger partial charge is 0.0424 e. The van der Waals surface area contributed by atoms with Gasteiger partial charge in [0.1, 0.15) is 0 Å². The largest absolute Gasteiger partial charge is 0.398 e. The normalized spacial score (nSPS) is 12.9. The van der Waals surface area contributed by atoms with Crippen molar-refractivity contribution in [1.29, 1.82) is 0 Å². The molecule has 2 aromatic rings. The molecule has 0 saturated heterocycles. The first kappa shape index (κ1) is 11.7. The average molecular weight is 229 g/mol. The highest BCUT2D eigenvalue weighted by Crippen LogP contribution is 2.28. The molecule has 3 nitrogen and oxygen atoms in total. The van der Waals surface area contributed by atoms with Crippen molar-refractivity contribution in [2.45, 2.75) is 26.8 Å². The number of rotatable bonds is 3. The quantitative estimate of drug-likeness (QED) is 0.794. The lowest BCUT2D eigenvalue weighted by atomic mass is 10.0. The molecular weight excluding hydrogens is 210 g/mol. The van der Waals surface area contributed by atoms with E-state index in [2.05, 4.69) is 31.1 Å². The standard InChI is InChI=1S/C14H19N3/c1-9(2)10(3)17-14-5-4-13(15)12-8-16-7-6-11(12)14/h4-10,17H,15H2,1-3H3. The Balaban J connectivity index is 2.45. The van der Waals surface area contributed by atoms with E-state index in [1.165, 1.54) is 0 Å². The van der Waals surface area contributed by atoms with Gasteiger partial charge >= 0.3 is 0 Å². The van der Waals surface area contributed by atoms with Crippen LogP contribution >= 0.6 is 0 Å². The van der Waals surface area contributed by atoms with Gasteiger partial charge in [0.15, 0.2) is 0 Å². The second-order valence-corrected chi connectivity index (χ2v) is 4.80. The zero-order chi connectivity index (χ0) is 12.4. The number of fused-ring (bicyclic) bond motifs is 1. The number of nitrogens with one attached hydrogen (secondary N) is 1. The SMILES string of the molecule is CC(C)C(C)Nc1ccc(N)c2cnccc12. The van der Waals surface area contributed by atoms with E-state index in [1.807, 2.05) is 24.4 Å². The fraction of sp³-hybridized carbons (Fsp3) is 0.357. The highest BCUT2D eigenvalue weighted by molar-refractivity contribution is 6.00. The van der Waals surface area contributed by atoms with Crippen LogP contribution in [0.2, 0.25) is 0 Å². The van der Waals surface area contributed by atoms with E-state index < -0.39 is 0 Å². The van der Waals surface area contributed by atoms with Crippen molar-refractivity contribution in [2.75, 3.05) is 11.1 Å². The molecule has 0 radical (unpaired) electrons. The number of nitrogen functional groups attached to an aromatic ring is 1. The minimum Gasteiger partial charge on any atom is -0.398 e. The van der Waals surface area contributed by atoms with Crippen molar-refractivity contribution in [3.8, 4) is 0 Å². The maximum absolute atomic E-state index is 5.95. The van der Waals surface area contributed by atoms with Crippen LogP contribution in [0.5, 0.6) is 0 Å². The van der Waals surface area contributed by atoms with E-state index in [9.17, 15) is 0 Å². The molecule has 1 atom stereocenters. The van der Waals surface area contributed by atoms with Crippen molar-refractivity contribution in [3.63, 3.8) is 0 Å². The summed E-state index contributed by atoms with van der Waals surface area (Å²) in [5.74, 6) is 0.587. The van der Waals surface area contributed by atoms with E-state index in [0.717, 1.165) is 22.1 Å². The van der Waals surface area contributed by atoms with E-state index in [4.69, 9.17) is 5.73 Å². The summed E-state index contributed by atoms with van der Waals surface area (Å²) in [7, 11) is 0. The van der Waals surface area contributed by atoms with Crippen LogP contribution in [0.4, 0.5) is 11.4 Å². The fourth-order valence-corrected chi connectivity index (χ4v) is 1.75. The van der Waals surface area contributed by atoms with Crippen LogP contribution in [-0.2, 0) is 0 Å². The average Bonchev–Trinajstić information content (AvgIpc) is 2.33. The topological polar surface area (TPSA) is 50.9 Å². The van der Waals surface area contributed by atoms with Crippen molar-refractivity contribution >= 4 is 22.1 Å². The summed E-state index contributed by atoms with van der Waals surface area (Å²) < 4.78 is 0. The second kappa shape index (κ2) is 4.62. The Morgan fingerprint density at radius 2 is 1.88 bits per heavy atom. The Labute approximate surface area is 102 Å². The maximum atomic E-state index is 5.95. The van der Waals surface area contributed by atoms with Gasteiger partial charge in [0.2, 0.25) is 0 Å². The molecule has 0 aliphatic carbocycles. The third-order valence-corrected chi connectivity index (χ3v) is 3.23. The van der Waals surface area contributed by atoms with Gasteiger partial charge in [-0.05, 0) is 31.0 Å². The van der Waals surface area contributed by atoms with Crippen LogP contribution in [0, 0.1) is 5.92 Å². The van der Waals surface area contributed by atoms with E-state index in [0.29, 0.717) is 12.0 Å². The molecular formula is C14H19N3. The molecule has 0 fully saturated rings. The lowest BCUT2D eigenvalue weighted by Gasteiger charge is -2.20. The first-order valence-electron chi connectivity index (χ1n) is 5.98. The molecule has 1 heterocycles. The van der Waals surface area contributed by atoms with Gasteiger partial charge in [0.25, 0.3) is 0 Å². The minimum absolute atomic E-state index is 0.426. The van der Waals surface area contributed by atoms with Crippen molar-refractivity contribution in [1.82, 2.24) is 4.98 Å². The number of anilines is 2. The molecule has 0 amide bonds. The van der Waals surface area contributed by atoms with Gasteiger partial charge in [0, 0.05) is 40.6 Å². The Bertz CT molecular complexity index is 520. The van der Waals surface area contributed by atoms with E-state index in [-0.39, 0.29) is 0 Å². The summed E-state index contributed by atoms with van der Waals surface area (Å²) >= 11 is 0. The summed E-state index contributed by atoms with van der Waals surface area (Å²) in [5.41, 5.74) is 7.84. The zero-order valence-corrected chi connectivity index (χ0v) is 10.6. The Morgan fingerprint density at radius 3 is 2.59 bits per heavy atom. The molecule has 1 aromatic carbocycles. The van der Waals surface area contributed by atoms with Crippen molar-refractivity contribution < 1.29 is 0 Å². The van der Waals surface area contributed by atoms with Gasteiger partial charge in [0.05, 0.1) is 0 Å². The molecule has 2 rings (SSSR count). The second-order valence-electron chi connectivity index (χ2n) is 4.80. The fourth-order valence-electron chi connectivity index (χ4n) is 1.75. The molecule has 3 heteroatoms. The molecule has 90 valence electrons. The number of hydrogen-bond acceptors (Lipinski definition) is 3. The number of nitrogens with zero attached hydrogens (tertiary/aromatic N) is 1. The maximum Gasteiger partial charge on any atom is 0.0424 e. The van der Waals surface area contributed by atoms with Crippen LogP contribution in [0.1, 0.15) is 20.8 Å². The monoisotopic (exact) mass is 229 g/mol. The lowest BCUT2D eigenvalue weighted by Crippen LogP contribution is -2.21. The van der Waals surface area contributed by atoms with Crippen molar-refractivity contribution in [2.24, 2.45) is 5.92 Å². The number of benzene rings is 1. The molecule has 17 heavy (non-hydrogen) atoms. The molecule has 3 N–H and O–H groups in total. The molecule has 0 bridgehead atoms. The summed E-state index contributed by atoms with van der Waals surface area (Å²) in [4.78, 5) is 4.12. The molecule has 0 saturated carbocycles. The number of hydrogen-bond donors (Lipinski definition) is 2. The molecule has 0 spiro atoms. The Hall–Kier alpha value is -1.77. The van der Waals surface area contributed by atoms with Crippen LogP contribution in [0.15, 0.2) is 30.6 Å². The zero-order valence-electron chi connectivity index (χ0n) is 10.6. The number of pyridine rings is 1. The van der Waals surface area contributed by atoms with Gasteiger partial charge < -0.3 is 11.1 Å². The van der Waals surface area contributed by atoms with E-state index in [1.54, 1.807) is 6.20 Å². The van der Waals surface area contributed by atoms with Gasteiger partial charge in [-0.25, -0.2) is 0 Å². The van der Waals surface area contributed by atoms with Gasteiger partial charge in [-0.3, -0.25) is 4.98 Å². The van der Waals surface area contributed by atoms with Gasteiger partial charge in [-0.2, -0.15) is 0 Å². The molecule has 0 aliphatic heterocycles. The van der Waals surface area contributed by atoms with E-state index >= 15 is 0 Å². The summed E-state index contributed by atoms with van der Waals surface area (Å²) in [6, 6.07) is 6.40. The predicted molar refractivity (Wildman–Crippen MR) is 74.1 cm³/mol. The van der Waals surface area contributed by atoms with Crippen LogP contribution in [0.25, 0.3) is 10.8 Å². The first-order valence-corrected chi connectivity index (χ1v) is 5.98. The Kier molecular flexibility index (Phi) is 3.18. The highest BCUT2D eigenvalue weighted by atomic mass is 14.9. The first-order chi connectivity index (χ1) is 8.09. The third-order valence-electron chi connectivity index (χ3n) is 3.23. The summed E-state index contributed by atoms with van der Waals surface area (Å²) in [6.07, 6.45) is 3.61. The minimum atomic E-state index is 0.426. The summed E-state index contributed by atoms with van der Waals surface area (Å²) in [5, 5.41) is 5.67. The predicted octanol–water partition coefficient (Wildman–Crippen LogP) is 3.27. The lowest BCUT2D eigenvalue weighted by molar-refractivity contribution is 0.560.